The van der Waals surface area contributed by atoms with Gasteiger partial charge < -0.3 is 15.0 Å². The molecule has 1 aliphatic carbocycles. The molecule has 4 rings (SSSR count). The molecule has 3 aromatic rings. The average Bonchev–Trinajstić information content (AvgIpc) is 3.41. The van der Waals surface area contributed by atoms with Crippen LogP contribution >= 0.6 is 0 Å². The summed E-state index contributed by atoms with van der Waals surface area (Å²) < 4.78 is 7.18. The van der Waals surface area contributed by atoms with Crippen LogP contribution in [0.25, 0.3) is 22.0 Å². The van der Waals surface area contributed by atoms with Crippen LogP contribution in [-0.4, -0.2) is 16.7 Å². The van der Waals surface area contributed by atoms with Gasteiger partial charge in [0.05, 0.1) is 12.6 Å². The van der Waals surface area contributed by atoms with E-state index in [9.17, 15) is 4.79 Å². The molecule has 122 valence electrons. The number of benzene rings is 1. The maximum atomic E-state index is 12.7. The molecule has 24 heavy (non-hydrogen) atoms. The van der Waals surface area contributed by atoms with Crippen LogP contribution in [0.15, 0.2) is 41.3 Å². The van der Waals surface area contributed by atoms with Crippen molar-refractivity contribution in [2.75, 3.05) is 12.8 Å². The molecule has 5 nitrogen and oxygen atoms in total. The molecule has 2 heterocycles. The first-order chi connectivity index (χ1) is 11.6. The number of rotatable bonds is 3. The van der Waals surface area contributed by atoms with E-state index >= 15 is 0 Å². The molecule has 5 heteroatoms. The van der Waals surface area contributed by atoms with Gasteiger partial charge in [-0.05, 0) is 49.1 Å². The van der Waals surface area contributed by atoms with Gasteiger partial charge in [-0.2, -0.15) is 0 Å². The molecule has 1 aromatic carbocycles. The largest absolute Gasteiger partial charge is 0.491 e. The summed E-state index contributed by atoms with van der Waals surface area (Å²) in [5.41, 5.74) is 9.75. The SMILES string of the molecule is COc1cc2ccc(-c3ccc(N)nc3)c(C)c2n(C2CC2)c1=O. The second kappa shape index (κ2) is 5.37. The number of nitrogens with zero attached hydrogens (tertiary/aromatic N) is 2. The number of ether oxygens (including phenoxy) is 1. The van der Waals surface area contributed by atoms with Gasteiger partial charge in [-0.15, -0.1) is 0 Å². The number of fused-ring (bicyclic) bond motifs is 1. The van der Waals surface area contributed by atoms with Crippen molar-refractivity contribution >= 4 is 16.7 Å². The first-order valence-electron chi connectivity index (χ1n) is 8.05. The van der Waals surface area contributed by atoms with Crippen LogP contribution < -0.4 is 16.0 Å². The lowest BCUT2D eigenvalue weighted by Gasteiger charge is -2.16. The van der Waals surface area contributed by atoms with Gasteiger partial charge in [-0.1, -0.05) is 12.1 Å². The van der Waals surface area contributed by atoms with Gasteiger partial charge in [0.1, 0.15) is 5.82 Å². The highest BCUT2D eigenvalue weighted by molar-refractivity contribution is 5.90. The van der Waals surface area contributed by atoms with E-state index in [0.29, 0.717) is 11.6 Å². The van der Waals surface area contributed by atoms with Crippen LogP contribution in [0.3, 0.4) is 0 Å². The first kappa shape index (κ1) is 14.8. The number of methoxy groups -OCH3 is 1. The molecule has 0 unspecified atom stereocenters. The molecule has 0 saturated heterocycles. The number of nitrogens with two attached hydrogens (primary N) is 1. The maximum absolute atomic E-state index is 12.7. The van der Waals surface area contributed by atoms with Crippen molar-refractivity contribution in [2.45, 2.75) is 25.8 Å². The molecule has 0 aliphatic heterocycles. The molecule has 2 N–H and O–H groups in total. The summed E-state index contributed by atoms with van der Waals surface area (Å²) in [5, 5.41) is 1.02. The Morgan fingerprint density at radius 3 is 2.67 bits per heavy atom. The van der Waals surface area contributed by atoms with Gasteiger partial charge in [-0.3, -0.25) is 4.79 Å². The Balaban J connectivity index is 2.03. The third kappa shape index (κ3) is 2.24. The summed E-state index contributed by atoms with van der Waals surface area (Å²) in [4.78, 5) is 16.9. The standard InChI is InChI=1S/C19H19N3O2/c1-11-15(13-4-8-17(20)21-10-13)7-3-12-9-16(24-2)19(23)22(18(11)12)14-5-6-14/h3-4,7-10,14H,5-6H2,1-2H3,(H2,20,21). The molecule has 0 radical (unpaired) electrons. The van der Waals surface area contributed by atoms with Crippen molar-refractivity contribution < 1.29 is 4.74 Å². The van der Waals surface area contributed by atoms with Crippen molar-refractivity contribution in [1.29, 1.82) is 0 Å². The Hall–Kier alpha value is -2.82. The monoisotopic (exact) mass is 321 g/mol. The van der Waals surface area contributed by atoms with Crippen LogP contribution in [0, 0.1) is 6.92 Å². The number of hydrogen-bond acceptors (Lipinski definition) is 4. The Kier molecular flexibility index (Phi) is 3.30. The predicted molar refractivity (Wildman–Crippen MR) is 95.4 cm³/mol. The van der Waals surface area contributed by atoms with E-state index in [1.54, 1.807) is 19.4 Å². The minimum Gasteiger partial charge on any atom is -0.491 e. The lowest BCUT2D eigenvalue weighted by molar-refractivity contribution is 0.404. The van der Waals surface area contributed by atoms with Gasteiger partial charge in [-0.25, -0.2) is 4.98 Å². The lowest BCUT2D eigenvalue weighted by Crippen LogP contribution is -2.21. The molecular weight excluding hydrogens is 302 g/mol. The molecule has 0 atom stereocenters. The normalized spacial score (nSPS) is 14.1. The van der Waals surface area contributed by atoms with Crippen LogP contribution in [0.5, 0.6) is 5.75 Å². The van der Waals surface area contributed by atoms with Gasteiger partial charge in [0, 0.05) is 23.2 Å². The van der Waals surface area contributed by atoms with Crippen LogP contribution in [0.1, 0.15) is 24.4 Å². The number of pyridine rings is 2. The molecule has 0 spiro atoms. The Morgan fingerprint density at radius 2 is 2.04 bits per heavy atom. The van der Waals surface area contributed by atoms with E-state index in [2.05, 4.69) is 18.0 Å². The van der Waals surface area contributed by atoms with E-state index in [1.165, 1.54) is 0 Å². The highest BCUT2D eigenvalue weighted by atomic mass is 16.5. The second-order valence-corrected chi connectivity index (χ2v) is 6.27. The zero-order valence-corrected chi connectivity index (χ0v) is 13.7. The zero-order chi connectivity index (χ0) is 16.8. The number of nitrogen functional groups attached to an aromatic ring is 1. The summed E-state index contributed by atoms with van der Waals surface area (Å²) >= 11 is 0. The van der Waals surface area contributed by atoms with Crippen molar-refractivity contribution in [2.24, 2.45) is 0 Å². The maximum Gasteiger partial charge on any atom is 0.293 e. The predicted octanol–water partition coefficient (Wildman–Crippen LogP) is 3.30. The van der Waals surface area contributed by atoms with Crippen LogP contribution in [-0.2, 0) is 0 Å². The first-order valence-corrected chi connectivity index (χ1v) is 8.05. The number of aromatic nitrogens is 2. The molecule has 1 aliphatic rings. The van der Waals surface area contributed by atoms with Gasteiger partial charge in [0.2, 0.25) is 0 Å². The van der Waals surface area contributed by atoms with Crippen molar-refractivity contribution in [3.8, 4) is 16.9 Å². The second-order valence-electron chi connectivity index (χ2n) is 6.27. The molecule has 0 bridgehead atoms. The highest BCUT2D eigenvalue weighted by Gasteiger charge is 2.28. The van der Waals surface area contributed by atoms with Crippen molar-refractivity contribution in [3.05, 3.63) is 52.4 Å². The summed E-state index contributed by atoms with van der Waals surface area (Å²) in [5.74, 6) is 0.896. The average molecular weight is 321 g/mol. The quantitative estimate of drug-likeness (QED) is 0.803. The fourth-order valence-corrected chi connectivity index (χ4v) is 3.29. The number of hydrogen-bond donors (Lipinski definition) is 1. The topological polar surface area (TPSA) is 70.1 Å². The van der Waals surface area contributed by atoms with Crippen molar-refractivity contribution in [3.63, 3.8) is 0 Å². The van der Waals surface area contributed by atoms with Gasteiger partial charge in [0.15, 0.2) is 5.75 Å². The molecule has 2 aromatic heterocycles. The Labute approximate surface area is 139 Å². The lowest BCUT2D eigenvalue weighted by atomic mass is 9.98. The minimum absolute atomic E-state index is 0.0526. The minimum atomic E-state index is -0.0526. The molecule has 1 saturated carbocycles. The zero-order valence-electron chi connectivity index (χ0n) is 13.7. The Morgan fingerprint density at radius 1 is 1.25 bits per heavy atom. The Bertz CT molecular complexity index is 986. The van der Waals surface area contributed by atoms with E-state index in [0.717, 1.165) is 40.4 Å². The van der Waals surface area contributed by atoms with E-state index in [4.69, 9.17) is 10.5 Å². The molecular formula is C19H19N3O2. The third-order valence-corrected chi connectivity index (χ3v) is 4.65. The van der Waals surface area contributed by atoms with E-state index < -0.39 is 0 Å². The number of anilines is 1. The molecule has 1 fully saturated rings. The van der Waals surface area contributed by atoms with Gasteiger partial charge >= 0.3 is 0 Å². The third-order valence-electron chi connectivity index (χ3n) is 4.65. The summed E-state index contributed by atoms with van der Waals surface area (Å²) in [6, 6.07) is 9.95. The highest BCUT2D eigenvalue weighted by Crippen LogP contribution is 2.39. The summed E-state index contributed by atoms with van der Waals surface area (Å²) in [6.07, 6.45) is 3.84. The number of aryl methyl sites for hydroxylation is 1. The van der Waals surface area contributed by atoms with Gasteiger partial charge in [0.25, 0.3) is 5.56 Å². The fourth-order valence-electron chi connectivity index (χ4n) is 3.29. The fraction of sp³-hybridized carbons (Fsp3) is 0.263. The van der Waals surface area contributed by atoms with Crippen LogP contribution in [0.4, 0.5) is 5.82 Å². The summed E-state index contributed by atoms with van der Waals surface area (Å²) in [7, 11) is 1.54. The summed E-state index contributed by atoms with van der Waals surface area (Å²) in [6.45, 7) is 2.05. The van der Waals surface area contributed by atoms with E-state index in [1.807, 2.05) is 22.8 Å². The molecule has 0 amide bonds. The smallest absolute Gasteiger partial charge is 0.293 e. The van der Waals surface area contributed by atoms with Crippen LogP contribution in [0.2, 0.25) is 0 Å². The van der Waals surface area contributed by atoms with E-state index in [-0.39, 0.29) is 11.6 Å². The van der Waals surface area contributed by atoms with Crippen molar-refractivity contribution in [1.82, 2.24) is 9.55 Å².